The Morgan fingerprint density at radius 1 is 1.29 bits per heavy atom. The molecule has 1 aromatic rings. The molecule has 94 valence electrons. The summed E-state index contributed by atoms with van der Waals surface area (Å²) in [5, 5.41) is 8.63. The van der Waals surface area contributed by atoms with Gasteiger partial charge in [0.1, 0.15) is 0 Å². The Morgan fingerprint density at radius 2 is 2.00 bits per heavy atom. The Balaban J connectivity index is 2.65. The van der Waals surface area contributed by atoms with E-state index in [4.69, 9.17) is 5.11 Å². The third-order valence-corrected chi connectivity index (χ3v) is 3.06. The van der Waals surface area contributed by atoms with E-state index in [1.807, 2.05) is 0 Å². The van der Waals surface area contributed by atoms with Crippen LogP contribution in [0, 0.1) is 13.8 Å². The second-order valence-corrected chi connectivity index (χ2v) is 4.35. The van der Waals surface area contributed by atoms with Crippen LogP contribution in [0.15, 0.2) is 18.2 Å². The van der Waals surface area contributed by atoms with Gasteiger partial charge < -0.3 is 10.0 Å². The third kappa shape index (κ3) is 4.10. The molecule has 17 heavy (non-hydrogen) atoms. The number of anilines is 1. The fourth-order valence-corrected chi connectivity index (χ4v) is 1.81. The SMILES string of the molecule is CCN(CCCC(=O)O)c1ccc(C)c(C)c1. The molecule has 0 aliphatic rings. The van der Waals surface area contributed by atoms with E-state index in [1.165, 1.54) is 16.8 Å². The lowest BCUT2D eigenvalue weighted by Crippen LogP contribution is -2.24. The van der Waals surface area contributed by atoms with Crippen LogP contribution in [-0.2, 0) is 4.79 Å². The van der Waals surface area contributed by atoms with E-state index in [2.05, 4.69) is 43.9 Å². The van der Waals surface area contributed by atoms with Crippen LogP contribution in [0.2, 0.25) is 0 Å². The molecule has 0 saturated carbocycles. The lowest BCUT2D eigenvalue weighted by atomic mass is 10.1. The highest BCUT2D eigenvalue weighted by atomic mass is 16.4. The number of hydrogen-bond acceptors (Lipinski definition) is 2. The first kappa shape index (κ1) is 13.6. The van der Waals surface area contributed by atoms with Crippen molar-refractivity contribution < 1.29 is 9.90 Å². The van der Waals surface area contributed by atoms with Crippen molar-refractivity contribution >= 4 is 11.7 Å². The first-order valence-electron chi connectivity index (χ1n) is 6.08. The topological polar surface area (TPSA) is 40.5 Å². The molecule has 3 nitrogen and oxygen atoms in total. The van der Waals surface area contributed by atoms with Gasteiger partial charge in [0, 0.05) is 25.2 Å². The lowest BCUT2D eigenvalue weighted by Gasteiger charge is -2.23. The highest BCUT2D eigenvalue weighted by molar-refractivity contribution is 5.66. The quantitative estimate of drug-likeness (QED) is 0.824. The number of aryl methyl sites for hydroxylation is 2. The maximum Gasteiger partial charge on any atom is 0.303 e. The highest BCUT2D eigenvalue weighted by Crippen LogP contribution is 2.19. The van der Waals surface area contributed by atoms with Gasteiger partial charge in [0.05, 0.1) is 0 Å². The van der Waals surface area contributed by atoms with Crippen molar-refractivity contribution in [3.05, 3.63) is 29.3 Å². The average Bonchev–Trinajstić information content (AvgIpc) is 2.28. The van der Waals surface area contributed by atoms with E-state index in [1.54, 1.807) is 0 Å². The molecule has 0 amide bonds. The zero-order valence-electron chi connectivity index (χ0n) is 10.9. The standard InChI is InChI=1S/C14H21NO2/c1-4-15(9-5-6-14(16)17)13-8-7-11(2)12(3)10-13/h7-8,10H,4-6,9H2,1-3H3,(H,16,17). The molecule has 3 heteroatoms. The van der Waals surface area contributed by atoms with Crippen LogP contribution in [0.25, 0.3) is 0 Å². The Hall–Kier alpha value is -1.51. The second kappa shape index (κ2) is 6.28. The van der Waals surface area contributed by atoms with E-state index < -0.39 is 5.97 Å². The minimum Gasteiger partial charge on any atom is -0.481 e. The van der Waals surface area contributed by atoms with E-state index in [0.717, 1.165) is 13.1 Å². The smallest absolute Gasteiger partial charge is 0.303 e. The van der Waals surface area contributed by atoms with Gasteiger partial charge in [-0.1, -0.05) is 6.07 Å². The van der Waals surface area contributed by atoms with Gasteiger partial charge >= 0.3 is 5.97 Å². The summed E-state index contributed by atoms with van der Waals surface area (Å²) in [5.74, 6) is -0.721. The molecular weight excluding hydrogens is 214 g/mol. The normalized spacial score (nSPS) is 10.3. The van der Waals surface area contributed by atoms with E-state index in [-0.39, 0.29) is 6.42 Å². The van der Waals surface area contributed by atoms with Crippen LogP contribution in [0.4, 0.5) is 5.69 Å². The zero-order chi connectivity index (χ0) is 12.8. The molecule has 0 spiro atoms. The van der Waals surface area contributed by atoms with E-state index >= 15 is 0 Å². The molecule has 0 aliphatic heterocycles. The Kier molecular flexibility index (Phi) is 5.01. The molecule has 0 bridgehead atoms. The molecule has 0 aliphatic carbocycles. The monoisotopic (exact) mass is 235 g/mol. The molecule has 0 aromatic heterocycles. The number of nitrogens with zero attached hydrogens (tertiary/aromatic N) is 1. The van der Waals surface area contributed by atoms with Crippen LogP contribution in [-0.4, -0.2) is 24.2 Å². The fraction of sp³-hybridized carbons (Fsp3) is 0.500. The second-order valence-electron chi connectivity index (χ2n) is 4.35. The lowest BCUT2D eigenvalue weighted by molar-refractivity contribution is -0.137. The maximum absolute atomic E-state index is 10.5. The van der Waals surface area contributed by atoms with Crippen LogP contribution < -0.4 is 4.90 Å². The Morgan fingerprint density at radius 3 is 2.53 bits per heavy atom. The van der Waals surface area contributed by atoms with Gasteiger partial charge in [0.15, 0.2) is 0 Å². The van der Waals surface area contributed by atoms with Crippen molar-refractivity contribution in [1.82, 2.24) is 0 Å². The molecule has 0 fully saturated rings. The largest absolute Gasteiger partial charge is 0.481 e. The summed E-state index contributed by atoms with van der Waals surface area (Å²) in [6.45, 7) is 7.99. The van der Waals surface area contributed by atoms with Gasteiger partial charge in [-0.2, -0.15) is 0 Å². The number of carbonyl (C=O) groups is 1. The molecule has 1 aromatic carbocycles. The molecule has 0 unspecified atom stereocenters. The van der Waals surface area contributed by atoms with Crippen LogP contribution >= 0.6 is 0 Å². The van der Waals surface area contributed by atoms with E-state index in [9.17, 15) is 4.79 Å². The summed E-state index contributed by atoms with van der Waals surface area (Å²) in [6, 6.07) is 6.39. The van der Waals surface area contributed by atoms with Crippen molar-refractivity contribution in [2.75, 3.05) is 18.0 Å². The number of carboxylic acid groups (broad SMARTS) is 1. The van der Waals surface area contributed by atoms with Gasteiger partial charge in [0.2, 0.25) is 0 Å². The molecule has 0 heterocycles. The average molecular weight is 235 g/mol. The van der Waals surface area contributed by atoms with Crippen molar-refractivity contribution in [1.29, 1.82) is 0 Å². The summed E-state index contributed by atoms with van der Waals surface area (Å²) in [7, 11) is 0. The van der Waals surface area contributed by atoms with Crippen molar-refractivity contribution in [3.63, 3.8) is 0 Å². The van der Waals surface area contributed by atoms with Gasteiger partial charge in [-0.05, 0) is 50.5 Å². The number of carboxylic acids is 1. The first-order chi connectivity index (χ1) is 8.04. The third-order valence-electron chi connectivity index (χ3n) is 3.06. The summed E-state index contributed by atoms with van der Waals surface area (Å²) >= 11 is 0. The summed E-state index contributed by atoms with van der Waals surface area (Å²) in [5.41, 5.74) is 3.75. The summed E-state index contributed by atoms with van der Waals surface area (Å²) < 4.78 is 0. The highest BCUT2D eigenvalue weighted by Gasteiger charge is 2.06. The zero-order valence-corrected chi connectivity index (χ0v) is 10.9. The minimum absolute atomic E-state index is 0.237. The number of aliphatic carboxylic acids is 1. The Labute approximate surface area is 103 Å². The number of hydrogen-bond donors (Lipinski definition) is 1. The maximum atomic E-state index is 10.5. The van der Waals surface area contributed by atoms with Gasteiger partial charge in [-0.15, -0.1) is 0 Å². The molecule has 0 atom stereocenters. The first-order valence-corrected chi connectivity index (χ1v) is 6.08. The van der Waals surface area contributed by atoms with E-state index in [0.29, 0.717) is 6.42 Å². The van der Waals surface area contributed by atoms with Crippen molar-refractivity contribution in [3.8, 4) is 0 Å². The van der Waals surface area contributed by atoms with Crippen LogP contribution in [0.3, 0.4) is 0 Å². The fourth-order valence-electron chi connectivity index (χ4n) is 1.81. The predicted molar refractivity (Wildman–Crippen MR) is 70.7 cm³/mol. The molecule has 1 N–H and O–H groups in total. The molecule has 0 radical (unpaired) electrons. The van der Waals surface area contributed by atoms with Crippen LogP contribution in [0.1, 0.15) is 30.9 Å². The summed E-state index contributed by atoms with van der Waals surface area (Å²) in [6.07, 6.45) is 0.928. The van der Waals surface area contributed by atoms with Crippen LogP contribution in [0.5, 0.6) is 0 Å². The van der Waals surface area contributed by atoms with Crippen molar-refractivity contribution in [2.24, 2.45) is 0 Å². The minimum atomic E-state index is -0.721. The van der Waals surface area contributed by atoms with Gasteiger partial charge in [0.25, 0.3) is 0 Å². The molecule has 1 rings (SSSR count). The Bertz CT molecular complexity index is 388. The summed E-state index contributed by atoms with van der Waals surface area (Å²) in [4.78, 5) is 12.7. The molecular formula is C14H21NO2. The number of benzene rings is 1. The number of rotatable bonds is 6. The van der Waals surface area contributed by atoms with Gasteiger partial charge in [-0.3, -0.25) is 4.79 Å². The van der Waals surface area contributed by atoms with Gasteiger partial charge in [-0.25, -0.2) is 0 Å². The van der Waals surface area contributed by atoms with Crippen molar-refractivity contribution in [2.45, 2.75) is 33.6 Å². The molecule has 0 saturated heterocycles. The predicted octanol–water partition coefficient (Wildman–Crippen LogP) is 2.99.